The maximum absolute atomic E-state index is 12.6. The molecule has 1 saturated heterocycles. The van der Waals surface area contributed by atoms with Crippen LogP contribution in [0, 0.1) is 0 Å². The fourth-order valence-corrected chi connectivity index (χ4v) is 4.86. The molecule has 5 rings (SSSR count). The lowest BCUT2D eigenvalue weighted by Gasteiger charge is -2.18. The maximum atomic E-state index is 12.6. The third-order valence-electron chi connectivity index (χ3n) is 5.72. The molecule has 10 nitrogen and oxygen atoms in total. The molecule has 172 valence electrons. The van der Waals surface area contributed by atoms with Crippen molar-refractivity contribution in [3.05, 3.63) is 70.7 Å². The lowest BCUT2D eigenvalue weighted by Crippen LogP contribution is -2.46. The van der Waals surface area contributed by atoms with Crippen LogP contribution >= 0.6 is 11.3 Å². The molecule has 1 aromatic heterocycles. The number of nitrogens with one attached hydrogen (secondary N) is 2. The van der Waals surface area contributed by atoms with Crippen molar-refractivity contribution in [2.24, 2.45) is 0 Å². The molecule has 1 unspecified atom stereocenters. The summed E-state index contributed by atoms with van der Waals surface area (Å²) in [5, 5.41) is 13.9. The molecule has 2 aliphatic rings. The highest BCUT2D eigenvalue weighted by Gasteiger charge is 2.40. The van der Waals surface area contributed by atoms with Crippen LogP contribution in [0.3, 0.4) is 0 Å². The number of carboxylic acids is 1. The molecular weight excluding hydrogens is 460 g/mol. The van der Waals surface area contributed by atoms with E-state index in [4.69, 9.17) is 4.74 Å². The number of fused-ring (bicyclic) bond motifs is 3. The first-order valence-electron chi connectivity index (χ1n) is 10.4. The van der Waals surface area contributed by atoms with Crippen molar-refractivity contribution in [2.75, 3.05) is 11.9 Å². The normalized spacial score (nSPS) is 16.5. The number of hydrazine groups is 1. The van der Waals surface area contributed by atoms with E-state index < -0.39 is 29.9 Å². The summed E-state index contributed by atoms with van der Waals surface area (Å²) < 4.78 is 5.46. The van der Waals surface area contributed by atoms with Crippen molar-refractivity contribution in [1.82, 2.24) is 15.4 Å². The number of aromatic nitrogens is 1. The molecule has 1 atom stereocenters. The number of rotatable bonds is 5. The number of amides is 3. The van der Waals surface area contributed by atoms with Gasteiger partial charge in [-0.25, -0.2) is 19.6 Å². The van der Waals surface area contributed by atoms with Gasteiger partial charge >= 0.3 is 12.1 Å². The van der Waals surface area contributed by atoms with Crippen LogP contribution in [0.2, 0.25) is 0 Å². The second-order valence-corrected chi connectivity index (χ2v) is 8.61. The number of carbonyl (C=O) groups is 4. The van der Waals surface area contributed by atoms with Gasteiger partial charge in [-0.15, -0.1) is 11.3 Å². The van der Waals surface area contributed by atoms with E-state index in [1.165, 1.54) is 5.38 Å². The zero-order chi connectivity index (χ0) is 23.8. The van der Waals surface area contributed by atoms with E-state index >= 15 is 0 Å². The van der Waals surface area contributed by atoms with E-state index in [-0.39, 0.29) is 29.8 Å². The summed E-state index contributed by atoms with van der Waals surface area (Å²) in [6.07, 6.45) is -1.07. The Bertz CT molecular complexity index is 1280. The van der Waals surface area contributed by atoms with Crippen LogP contribution in [0.25, 0.3) is 11.1 Å². The van der Waals surface area contributed by atoms with Gasteiger partial charge in [0.2, 0.25) is 5.91 Å². The Morgan fingerprint density at radius 1 is 1.12 bits per heavy atom. The molecule has 2 aromatic carbocycles. The highest BCUT2D eigenvalue weighted by atomic mass is 32.1. The minimum atomic E-state index is -1.32. The fraction of sp³-hybridized carbons (Fsp3) is 0.174. The first-order chi connectivity index (χ1) is 16.4. The molecule has 1 aliphatic heterocycles. The van der Waals surface area contributed by atoms with E-state index in [1.807, 2.05) is 48.5 Å². The van der Waals surface area contributed by atoms with Gasteiger partial charge in [0.25, 0.3) is 5.91 Å². The Balaban J connectivity index is 1.23. The summed E-state index contributed by atoms with van der Waals surface area (Å²) in [6, 6.07) is 14.6. The summed E-state index contributed by atoms with van der Waals surface area (Å²) in [7, 11) is 0. The third kappa shape index (κ3) is 3.86. The SMILES string of the molecule is O=C1CC(C(=O)O)N(C(=O)c2csc(NC(=O)OCC3c4ccccc4-c4ccccc43)n2)N1. The van der Waals surface area contributed by atoms with Crippen LogP contribution in [0.1, 0.15) is 34.0 Å². The van der Waals surface area contributed by atoms with Crippen molar-refractivity contribution < 1.29 is 29.0 Å². The number of aliphatic carboxylic acids is 1. The number of carboxylic acid groups (broad SMARTS) is 1. The monoisotopic (exact) mass is 478 g/mol. The van der Waals surface area contributed by atoms with E-state index in [9.17, 15) is 24.3 Å². The minimum Gasteiger partial charge on any atom is -0.480 e. The van der Waals surface area contributed by atoms with Crippen molar-refractivity contribution in [3.8, 4) is 11.1 Å². The quantitative estimate of drug-likeness (QED) is 0.513. The molecule has 3 amide bonds. The molecule has 11 heteroatoms. The van der Waals surface area contributed by atoms with Gasteiger partial charge in [0.1, 0.15) is 12.3 Å². The first kappa shape index (κ1) is 21.6. The summed E-state index contributed by atoms with van der Waals surface area (Å²) in [5.41, 5.74) is 6.51. The second-order valence-electron chi connectivity index (χ2n) is 7.76. The number of benzene rings is 2. The van der Waals surface area contributed by atoms with Gasteiger partial charge in [0.05, 0.1) is 6.42 Å². The van der Waals surface area contributed by atoms with Crippen molar-refractivity contribution in [2.45, 2.75) is 18.4 Å². The predicted molar refractivity (Wildman–Crippen MR) is 121 cm³/mol. The van der Waals surface area contributed by atoms with Crippen LogP contribution in [0.5, 0.6) is 0 Å². The number of ether oxygens (including phenoxy) is 1. The van der Waals surface area contributed by atoms with Crippen molar-refractivity contribution in [3.63, 3.8) is 0 Å². The van der Waals surface area contributed by atoms with Gasteiger partial charge in [-0.1, -0.05) is 48.5 Å². The van der Waals surface area contributed by atoms with Gasteiger partial charge in [0, 0.05) is 11.3 Å². The standard InChI is InChI=1S/C23H18N4O6S/c28-19-9-18(21(30)31)27(26-19)20(29)17-11-34-22(24-17)25-23(32)33-10-16-14-7-3-1-5-12(14)13-6-2-4-8-15(13)16/h1-8,11,16,18H,9-10H2,(H,26,28)(H,30,31)(H,24,25,32). The molecular formula is C23H18N4O6S. The Morgan fingerprint density at radius 3 is 2.41 bits per heavy atom. The molecule has 0 saturated carbocycles. The number of thiazole rings is 1. The highest BCUT2D eigenvalue weighted by molar-refractivity contribution is 7.14. The van der Waals surface area contributed by atoms with Crippen LogP contribution in [-0.4, -0.2) is 51.6 Å². The van der Waals surface area contributed by atoms with Crippen LogP contribution in [0.4, 0.5) is 9.93 Å². The lowest BCUT2D eigenvalue weighted by atomic mass is 9.98. The Kier molecular flexibility index (Phi) is 5.46. The average molecular weight is 478 g/mol. The first-order valence-corrected chi connectivity index (χ1v) is 11.2. The zero-order valence-electron chi connectivity index (χ0n) is 17.6. The highest BCUT2D eigenvalue weighted by Crippen LogP contribution is 2.44. The average Bonchev–Trinajstić information content (AvgIpc) is 3.53. The summed E-state index contributed by atoms with van der Waals surface area (Å²) in [6.45, 7) is 0.122. The molecule has 34 heavy (non-hydrogen) atoms. The van der Waals surface area contributed by atoms with Crippen LogP contribution in [0.15, 0.2) is 53.9 Å². The molecule has 0 spiro atoms. The molecule has 1 aliphatic carbocycles. The largest absolute Gasteiger partial charge is 0.480 e. The summed E-state index contributed by atoms with van der Waals surface area (Å²) >= 11 is 0.980. The molecule has 2 heterocycles. The van der Waals surface area contributed by atoms with Gasteiger partial charge in [-0.3, -0.25) is 20.3 Å². The third-order valence-corrected chi connectivity index (χ3v) is 6.47. The number of hydrogen-bond donors (Lipinski definition) is 3. The van der Waals surface area contributed by atoms with Gasteiger partial charge < -0.3 is 9.84 Å². The number of nitrogens with zero attached hydrogens (tertiary/aromatic N) is 2. The minimum absolute atomic E-state index is 0.0988. The van der Waals surface area contributed by atoms with E-state index in [0.29, 0.717) is 0 Å². The van der Waals surface area contributed by atoms with Crippen molar-refractivity contribution in [1.29, 1.82) is 0 Å². The molecule has 3 N–H and O–H groups in total. The van der Waals surface area contributed by atoms with E-state index in [2.05, 4.69) is 15.7 Å². The Hall–Kier alpha value is -4.25. The molecule has 1 fully saturated rings. The second kappa shape index (κ2) is 8.60. The number of anilines is 1. The van der Waals surface area contributed by atoms with E-state index in [0.717, 1.165) is 38.6 Å². The Morgan fingerprint density at radius 2 is 1.76 bits per heavy atom. The summed E-state index contributed by atoms with van der Waals surface area (Å²) in [4.78, 5) is 51.9. The fourth-order valence-electron chi connectivity index (χ4n) is 4.19. The molecule has 3 aromatic rings. The van der Waals surface area contributed by atoms with Crippen molar-refractivity contribution >= 4 is 40.3 Å². The van der Waals surface area contributed by atoms with Gasteiger partial charge in [-0.05, 0) is 22.3 Å². The van der Waals surface area contributed by atoms with Crippen LogP contribution in [-0.2, 0) is 14.3 Å². The number of hydrogen-bond acceptors (Lipinski definition) is 7. The molecule has 0 bridgehead atoms. The molecule has 0 radical (unpaired) electrons. The van der Waals surface area contributed by atoms with Gasteiger partial charge in [0.15, 0.2) is 11.2 Å². The smallest absolute Gasteiger partial charge is 0.413 e. The number of carbonyl (C=O) groups excluding carboxylic acids is 3. The zero-order valence-corrected chi connectivity index (χ0v) is 18.4. The Labute approximate surface area is 197 Å². The van der Waals surface area contributed by atoms with Gasteiger partial charge in [-0.2, -0.15) is 0 Å². The topological polar surface area (TPSA) is 138 Å². The maximum Gasteiger partial charge on any atom is 0.413 e. The van der Waals surface area contributed by atoms with Crippen LogP contribution < -0.4 is 10.7 Å². The predicted octanol–water partition coefficient (Wildman–Crippen LogP) is 2.83. The summed E-state index contributed by atoms with van der Waals surface area (Å²) in [5.74, 6) is -2.76. The van der Waals surface area contributed by atoms with E-state index in [1.54, 1.807) is 0 Å². The lowest BCUT2D eigenvalue weighted by molar-refractivity contribution is -0.142.